The van der Waals surface area contributed by atoms with Crippen molar-refractivity contribution >= 4 is 22.1 Å². The minimum atomic E-state index is 0.164. The summed E-state index contributed by atoms with van der Waals surface area (Å²) in [5.74, 6) is 0.495. The van der Waals surface area contributed by atoms with Crippen molar-refractivity contribution in [1.29, 1.82) is 5.26 Å². The molecule has 6 heteroatoms. The van der Waals surface area contributed by atoms with Gasteiger partial charge in [0.05, 0.1) is 29.2 Å². The summed E-state index contributed by atoms with van der Waals surface area (Å²) in [6, 6.07) is 11.0. The first-order chi connectivity index (χ1) is 9.65. The van der Waals surface area contributed by atoms with Crippen LogP contribution in [0.5, 0.6) is 5.75 Å². The van der Waals surface area contributed by atoms with Crippen LogP contribution in [0.15, 0.2) is 36.4 Å². The number of hydrogen-bond donors (Lipinski definition) is 0. The number of hydrogen-bond acceptors (Lipinski definition) is 4. The molecule has 2 aromatic carbocycles. The first-order valence-electron chi connectivity index (χ1n) is 5.82. The summed E-state index contributed by atoms with van der Waals surface area (Å²) in [6.07, 6.45) is 0. The summed E-state index contributed by atoms with van der Waals surface area (Å²) in [5, 5.41) is 21.2. The van der Waals surface area contributed by atoms with Gasteiger partial charge >= 0.3 is 0 Å². The van der Waals surface area contributed by atoms with E-state index in [1.54, 1.807) is 6.07 Å². The molecule has 0 aliphatic carbocycles. The molecule has 0 N–H and O–H groups in total. The Bertz CT molecular complexity index is 938. The maximum absolute atomic E-state index is 12.3. The van der Waals surface area contributed by atoms with Crippen molar-refractivity contribution in [1.82, 2.24) is 4.73 Å². The lowest BCUT2D eigenvalue weighted by Crippen LogP contribution is -2.19. The molecular weight excluding hydrogens is 258 g/mol. The predicted molar refractivity (Wildman–Crippen MR) is 72.8 cm³/mol. The van der Waals surface area contributed by atoms with Crippen molar-refractivity contribution in [2.75, 3.05) is 7.11 Å². The fourth-order valence-electron chi connectivity index (χ4n) is 2.15. The van der Waals surface area contributed by atoms with E-state index < -0.39 is 0 Å². The maximum Gasteiger partial charge on any atom is 0.290 e. The van der Waals surface area contributed by atoms with E-state index in [2.05, 4.69) is 0 Å². The largest absolute Gasteiger partial charge is 0.805 e. The molecule has 1 aromatic heterocycles. The van der Waals surface area contributed by atoms with Crippen molar-refractivity contribution < 1.29 is 9.16 Å². The van der Waals surface area contributed by atoms with Crippen LogP contribution in [0.2, 0.25) is 0 Å². The highest BCUT2D eigenvalue weighted by molar-refractivity contribution is 5.84. The SMILES string of the molecule is COc1ccc2c(c1)[n+](=O)c1ccc(C#N)cc1n2[O-]. The highest BCUT2D eigenvalue weighted by Crippen LogP contribution is 2.21. The van der Waals surface area contributed by atoms with Gasteiger partial charge in [-0.1, -0.05) is 0 Å². The molecule has 0 aliphatic rings. The lowest BCUT2D eigenvalue weighted by molar-refractivity contribution is -0.432. The molecule has 0 radical (unpaired) electrons. The van der Waals surface area contributed by atoms with Crippen molar-refractivity contribution in [3.8, 4) is 11.8 Å². The fraction of sp³-hybridized carbons (Fsp3) is 0.0714. The van der Waals surface area contributed by atoms with Gasteiger partial charge in [0.25, 0.3) is 11.0 Å². The molecule has 0 amide bonds. The van der Waals surface area contributed by atoms with E-state index in [9.17, 15) is 10.1 Å². The van der Waals surface area contributed by atoms with Gasteiger partial charge in [-0.3, -0.25) is 0 Å². The predicted octanol–water partition coefficient (Wildman–Crippen LogP) is 1.94. The van der Waals surface area contributed by atoms with Crippen LogP contribution in [-0.4, -0.2) is 11.8 Å². The minimum absolute atomic E-state index is 0.164. The molecule has 0 spiro atoms. The Labute approximate surface area is 113 Å². The Balaban J connectivity index is 2.54. The molecule has 0 aliphatic heterocycles. The molecule has 0 atom stereocenters. The van der Waals surface area contributed by atoms with Crippen LogP contribution in [0.25, 0.3) is 22.1 Å². The maximum atomic E-state index is 12.3. The average molecular weight is 267 g/mol. The molecule has 0 unspecified atom stereocenters. The number of methoxy groups -OCH3 is 1. The molecular formula is C14H9N3O3. The fourth-order valence-corrected chi connectivity index (χ4v) is 2.15. The lowest BCUT2D eigenvalue weighted by atomic mass is 10.2. The third-order valence-corrected chi connectivity index (χ3v) is 3.16. The summed E-state index contributed by atoms with van der Waals surface area (Å²) in [5.41, 5.74) is 1.14. The topological polar surface area (TPSA) is 84.0 Å². The Kier molecular flexibility index (Phi) is 2.54. The van der Waals surface area contributed by atoms with Crippen molar-refractivity contribution in [3.05, 3.63) is 52.1 Å². The molecule has 20 heavy (non-hydrogen) atoms. The first-order valence-corrected chi connectivity index (χ1v) is 5.82. The third-order valence-electron chi connectivity index (χ3n) is 3.16. The smallest absolute Gasteiger partial charge is 0.290 e. The van der Waals surface area contributed by atoms with Gasteiger partial charge in [-0.2, -0.15) is 5.26 Å². The van der Waals surface area contributed by atoms with E-state index >= 15 is 0 Å². The molecule has 3 aromatic rings. The normalized spacial score (nSPS) is 10.6. The van der Waals surface area contributed by atoms with Gasteiger partial charge in [-0.25, -0.2) is 0 Å². The number of rotatable bonds is 1. The van der Waals surface area contributed by atoms with Gasteiger partial charge in [0.15, 0.2) is 0 Å². The zero-order valence-corrected chi connectivity index (χ0v) is 10.5. The van der Waals surface area contributed by atoms with Crippen molar-refractivity contribution in [2.45, 2.75) is 0 Å². The van der Waals surface area contributed by atoms with E-state index in [4.69, 9.17) is 10.00 Å². The lowest BCUT2D eigenvalue weighted by Gasteiger charge is -2.14. The molecule has 6 nitrogen and oxygen atoms in total. The van der Waals surface area contributed by atoms with E-state index in [0.29, 0.717) is 20.5 Å². The number of benzene rings is 2. The summed E-state index contributed by atoms with van der Waals surface area (Å²) in [6.45, 7) is 0. The molecule has 1 heterocycles. The van der Waals surface area contributed by atoms with Crippen LogP contribution >= 0.6 is 0 Å². The summed E-state index contributed by atoms with van der Waals surface area (Å²) in [4.78, 5) is 12.3. The second kappa shape index (κ2) is 4.24. The second-order valence-electron chi connectivity index (χ2n) is 4.26. The third kappa shape index (κ3) is 1.57. The van der Waals surface area contributed by atoms with E-state index in [1.807, 2.05) is 6.07 Å². The molecule has 0 fully saturated rings. The van der Waals surface area contributed by atoms with E-state index in [1.165, 1.54) is 37.4 Å². The summed E-state index contributed by atoms with van der Waals surface area (Å²) in [7, 11) is 1.49. The minimum Gasteiger partial charge on any atom is -0.805 e. The molecule has 0 saturated heterocycles. The Hall–Kier alpha value is -3.07. The zero-order valence-electron chi connectivity index (χ0n) is 10.5. The van der Waals surface area contributed by atoms with Gasteiger partial charge in [0.2, 0.25) is 0 Å². The van der Waals surface area contributed by atoms with Gasteiger partial charge < -0.3 is 14.7 Å². The number of nitriles is 1. The number of nitrogens with zero attached hydrogens (tertiary/aromatic N) is 3. The van der Waals surface area contributed by atoms with Crippen LogP contribution in [0.1, 0.15) is 5.56 Å². The quantitative estimate of drug-likeness (QED) is 0.498. The van der Waals surface area contributed by atoms with Gasteiger partial charge in [-0.05, 0) is 24.3 Å². The van der Waals surface area contributed by atoms with Crippen LogP contribution in [0.3, 0.4) is 0 Å². The Morgan fingerprint density at radius 2 is 2.00 bits per heavy atom. The van der Waals surface area contributed by atoms with Gasteiger partial charge in [0, 0.05) is 11.0 Å². The summed E-state index contributed by atoms with van der Waals surface area (Å²) < 4.78 is 6.38. The number of aromatic nitrogens is 2. The Morgan fingerprint density at radius 3 is 2.70 bits per heavy atom. The summed E-state index contributed by atoms with van der Waals surface area (Å²) >= 11 is 0. The van der Waals surface area contributed by atoms with Crippen LogP contribution in [0.4, 0.5) is 0 Å². The number of ether oxygens (including phenoxy) is 1. The standard InChI is InChI=1S/C14H9N3O3/c1-20-10-3-5-12-14(7-10)17(19)11-4-2-9(8-15)6-13(11)16(12)18/h2-7H,1H3. The van der Waals surface area contributed by atoms with Crippen LogP contribution in [-0.2, 0) is 0 Å². The Morgan fingerprint density at radius 1 is 1.20 bits per heavy atom. The highest BCUT2D eigenvalue weighted by Gasteiger charge is 2.16. The highest BCUT2D eigenvalue weighted by atomic mass is 16.5. The van der Waals surface area contributed by atoms with Gasteiger partial charge in [0.1, 0.15) is 16.8 Å². The van der Waals surface area contributed by atoms with Crippen LogP contribution < -0.4 is 9.16 Å². The molecule has 3 rings (SSSR count). The monoisotopic (exact) mass is 267 g/mol. The molecule has 0 saturated carbocycles. The average Bonchev–Trinajstić information content (AvgIpc) is 2.51. The van der Waals surface area contributed by atoms with Crippen molar-refractivity contribution in [2.24, 2.45) is 0 Å². The molecule has 0 bridgehead atoms. The molecule has 98 valence electrons. The van der Waals surface area contributed by atoms with E-state index in [-0.39, 0.29) is 22.1 Å². The van der Waals surface area contributed by atoms with Crippen molar-refractivity contribution in [3.63, 3.8) is 0 Å². The van der Waals surface area contributed by atoms with Gasteiger partial charge in [-0.15, -0.1) is 0 Å². The van der Waals surface area contributed by atoms with E-state index in [0.717, 1.165) is 0 Å². The first kappa shape index (κ1) is 12.0. The number of fused-ring (bicyclic) bond motifs is 2. The van der Waals surface area contributed by atoms with Crippen LogP contribution in [0, 0.1) is 21.4 Å². The zero-order chi connectivity index (χ0) is 14.3. The second-order valence-corrected chi connectivity index (χ2v) is 4.26.